The molecule has 0 radical (unpaired) electrons. The van der Waals surface area contributed by atoms with Crippen LogP contribution in [0.25, 0.3) is 10.1 Å². The number of piperazine rings is 1. The van der Waals surface area contributed by atoms with E-state index in [0.717, 1.165) is 15.0 Å². The molecule has 0 aliphatic carbocycles. The number of hydrogen-bond acceptors (Lipinski definition) is 3. The minimum Gasteiger partial charge on any atom is -0.353 e. The maximum Gasteiger partial charge on any atom is 0.318 e. The molecular formula is C15H16FN3O2S. The monoisotopic (exact) mass is 321 g/mol. The summed E-state index contributed by atoms with van der Waals surface area (Å²) in [5.74, 6) is -0.409. The summed E-state index contributed by atoms with van der Waals surface area (Å²) in [5, 5.41) is 6.37. The fourth-order valence-electron chi connectivity index (χ4n) is 2.48. The second kappa shape index (κ2) is 5.92. The molecule has 7 heteroatoms. The molecule has 2 aromatic rings. The van der Waals surface area contributed by atoms with Gasteiger partial charge >= 0.3 is 6.03 Å². The minimum absolute atomic E-state index is 0.140. The SMILES string of the molecule is C[C@@H]1C(=O)NCCN1C(=O)NCc1cc2cc(F)ccc2s1. The number of carbonyl (C=O) groups excluding carboxylic acids is 2. The van der Waals surface area contributed by atoms with Gasteiger partial charge in [-0.15, -0.1) is 11.3 Å². The Hall–Kier alpha value is -2.15. The molecule has 116 valence electrons. The predicted molar refractivity (Wildman–Crippen MR) is 83.2 cm³/mol. The van der Waals surface area contributed by atoms with Crippen LogP contribution < -0.4 is 10.6 Å². The zero-order valence-corrected chi connectivity index (χ0v) is 12.9. The number of hydrogen-bond donors (Lipinski definition) is 2. The van der Waals surface area contributed by atoms with Gasteiger partial charge in [-0.2, -0.15) is 0 Å². The summed E-state index contributed by atoms with van der Waals surface area (Å²) in [7, 11) is 0. The molecule has 1 aliphatic heterocycles. The van der Waals surface area contributed by atoms with Crippen molar-refractivity contribution in [1.29, 1.82) is 0 Å². The third kappa shape index (κ3) is 2.89. The van der Waals surface area contributed by atoms with Gasteiger partial charge in [-0.05, 0) is 36.6 Å². The lowest BCUT2D eigenvalue weighted by atomic mass is 10.2. The first-order valence-electron chi connectivity index (χ1n) is 7.05. The van der Waals surface area contributed by atoms with Gasteiger partial charge < -0.3 is 15.5 Å². The Bertz CT molecular complexity index is 731. The molecule has 0 bridgehead atoms. The Morgan fingerprint density at radius 1 is 1.50 bits per heavy atom. The molecule has 1 fully saturated rings. The van der Waals surface area contributed by atoms with Crippen molar-refractivity contribution in [2.24, 2.45) is 0 Å². The average molecular weight is 321 g/mol. The van der Waals surface area contributed by atoms with Crippen LogP contribution in [0.3, 0.4) is 0 Å². The van der Waals surface area contributed by atoms with E-state index in [-0.39, 0.29) is 17.8 Å². The van der Waals surface area contributed by atoms with Crippen LogP contribution in [0, 0.1) is 5.82 Å². The molecule has 0 saturated carbocycles. The third-order valence-corrected chi connectivity index (χ3v) is 4.82. The van der Waals surface area contributed by atoms with Gasteiger partial charge in [0.25, 0.3) is 0 Å². The molecule has 1 aromatic carbocycles. The summed E-state index contributed by atoms with van der Waals surface area (Å²) >= 11 is 1.52. The lowest BCUT2D eigenvalue weighted by molar-refractivity contribution is -0.126. The molecule has 1 aliphatic rings. The summed E-state index contributed by atoms with van der Waals surface area (Å²) in [6.45, 7) is 3.04. The van der Waals surface area contributed by atoms with Crippen molar-refractivity contribution in [2.75, 3.05) is 13.1 Å². The van der Waals surface area contributed by atoms with Crippen LogP contribution in [0.5, 0.6) is 0 Å². The number of fused-ring (bicyclic) bond motifs is 1. The molecule has 22 heavy (non-hydrogen) atoms. The zero-order chi connectivity index (χ0) is 15.7. The van der Waals surface area contributed by atoms with Crippen LogP contribution in [-0.2, 0) is 11.3 Å². The van der Waals surface area contributed by atoms with E-state index in [1.807, 2.05) is 6.07 Å². The minimum atomic E-state index is -0.467. The number of rotatable bonds is 2. The molecule has 3 rings (SSSR count). The summed E-state index contributed by atoms with van der Waals surface area (Å²) in [6, 6.07) is 5.79. The number of nitrogens with one attached hydrogen (secondary N) is 2. The number of urea groups is 1. The highest BCUT2D eigenvalue weighted by molar-refractivity contribution is 7.19. The molecule has 1 aromatic heterocycles. The summed E-state index contributed by atoms with van der Waals surface area (Å²) in [6.07, 6.45) is 0. The largest absolute Gasteiger partial charge is 0.353 e. The van der Waals surface area contributed by atoms with Crippen LogP contribution in [0.15, 0.2) is 24.3 Å². The standard InChI is InChI=1S/C15H16FN3O2S/c1-9-14(20)17-4-5-19(9)15(21)18-8-12-7-10-6-11(16)2-3-13(10)22-12/h2-3,6-7,9H,4-5,8H2,1H3,(H,17,20)(H,18,21)/t9-/m1/s1. The first-order valence-corrected chi connectivity index (χ1v) is 7.86. The zero-order valence-electron chi connectivity index (χ0n) is 12.1. The molecule has 1 saturated heterocycles. The van der Waals surface area contributed by atoms with Gasteiger partial charge in [0.2, 0.25) is 5.91 Å². The Labute approximate surface area is 131 Å². The lowest BCUT2D eigenvalue weighted by Crippen LogP contribution is -2.58. The van der Waals surface area contributed by atoms with Crippen LogP contribution >= 0.6 is 11.3 Å². The number of benzene rings is 1. The number of nitrogens with zero attached hydrogens (tertiary/aromatic N) is 1. The smallest absolute Gasteiger partial charge is 0.318 e. The quantitative estimate of drug-likeness (QED) is 0.889. The Kier molecular flexibility index (Phi) is 3.98. The van der Waals surface area contributed by atoms with Crippen molar-refractivity contribution in [2.45, 2.75) is 19.5 Å². The van der Waals surface area contributed by atoms with E-state index < -0.39 is 6.04 Å². The van der Waals surface area contributed by atoms with Crippen molar-refractivity contribution >= 4 is 33.4 Å². The highest BCUT2D eigenvalue weighted by Gasteiger charge is 2.28. The van der Waals surface area contributed by atoms with Crippen LogP contribution in [0.4, 0.5) is 9.18 Å². The molecule has 0 spiro atoms. The van der Waals surface area contributed by atoms with Gasteiger partial charge in [-0.1, -0.05) is 0 Å². The molecule has 2 heterocycles. The Morgan fingerprint density at radius 3 is 3.14 bits per heavy atom. The van der Waals surface area contributed by atoms with Crippen molar-refractivity contribution < 1.29 is 14.0 Å². The molecule has 2 N–H and O–H groups in total. The molecule has 0 unspecified atom stereocenters. The van der Waals surface area contributed by atoms with Gasteiger partial charge in [-0.3, -0.25) is 4.79 Å². The fourth-order valence-corrected chi connectivity index (χ4v) is 3.46. The van der Waals surface area contributed by atoms with Crippen molar-refractivity contribution in [3.05, 3.63) is 35.0 Å². The van der Waals surface area contributed by atoms with Gasteiger partial charge in [-0.25, -0.2) is 9.18 Å². The van der Waals surface area contributed by atoms with E-state index in [2.05, 4.69) is 10.6 Å². The van der Waals surface area contributed by atoms with Crippen molar-refractivity contribution in [3.63, 3.8) is 0 Å². The average Bonchev–Trinajstić information content (AvgIpc) is 2.89. The molecular weight excluding hydrogens is 305 g/mol. The van der Waals surface area contributed by atoms with E-state index >= 15 is 0 Å². The Balaban J connectivity index is 1.65. The number of amides is 3. The predicted octanol–water partition coefficient (Wildman–Crippen LogP) is 2.07. The highest BCUT2D eigenvalue weighted by Crippen LogP contribution is 2.26. The summed E-state index contributed by atoms with van der Waals surface area (Å²) in [5.41, 5.74) is 0. The van der Waals surface area contributed by atoms with Crippen molar-refractivity contribution in [3.8, 4) is 0 Å². The molecule has 5 nitrogen and oxygen atoms in total. The van der Waals surface area contributed by atoms with Crippen LogP contribution in [0.2, 0.25) is 0 Å². The van der Waals surface area contributed by atoms with Gasteiger partial charge in [0.05, 0.1) is 6.54 Å². The number of halogens is 1. The number of carbonyl (C=O) groups is 2. The van der Waals surface area contributed by atoms with Gasteiger partial charge in [0.15, 0.2) is 0 Å². The first-order chi connectivity index (χ1) is 10.5. The van der Waals surface area contributed by atoms with E-state index in [1.54, 1.807) is 13.0 Å². The summed E-state index contributed by atoms with van der Waals surface area (Å²) in [4.78, 5) is 26.2. The Morgan fingerprint density at radius 2 is 2.32 bits per heavy atom. The maximum atomic E-state index is 13.2. The lowest BCUT2D eigenvalue weighted by Gasteiger charge is -2.32. The summed E-state index contributed by atoms with van der Waals surface area (Å²) < 4.78 is 14.2. The second-order valence-electron chi connectivity index (χ2n) is 5.21. The maximum absolute atomic E-state index is 13.2. The van der Waals surface area contributed by atoms with Crippen molar-refractivity contribution in [1.82, 2.24) is 15.5 Å². The third-order valence-electron chi connectivity index (χ3n) is 3.70. The van der Waals surface area contributed by atoms with Gasteiger partial charge in [0, 0.05) is 22.7 Å². The second-order valence-corrected chi connectivity index (χ2v) is 6.38. The molecule has 1 atom stereocenters. The first kappa shape index (κ1) is 14.8. The number of thiophene rings is 1. The van der Waals surface area contributed by atoms with E-state index in [1.165, 1.54) is 28.4 Å². The van der Waals surface area contributed by atoms with E-state index in [4.69, 9.17) is 0 Å². The van der Waals surface area contributed by atoms with Gasteiger partial charge in [0.1, 0.15) is 11.9 Å². The fraction of sp³-hybridized carbons (Fsp3) is 0.333. The highest BCUT2D eigenvalue weighted by atomic mass is 32.1. The van der Waals surface area contributed by atoms with Crippen LogP contribution in [-0.4, -0.2) is 36.0 Å². The van der Waals surface area contributed by atoms with E-state index in [0.29, 0.717) is 19.6 Å². The van der Waals surface area contributed by atoms with E-state index in [9.17, 15) is 14.0 Å². The van der Waals surface area contributed by atoms with Crippen LogP contribution in [0.1, 0.15) is 11.8 Å². The normalized spacial score (nSPS) is 18.4. The topological polar surface area (TPSA) is 61.4 Å². The molecule has 3 amide bonds.